The van der Waals surface area contributed by atoms with Crippen molar-refractivity contribution >= 4 is 5.78 Å². The SMILES string of the molecule is O=C1CCC(COCCF)CC1. The van der Waals surface area contributed by atoms with Crippen molar-refractivity contribution in [3.05, 3.63) is 0 Å². The summed E-state index contributed by atoms with van der Waals surface area (Å²) in [4.78, 5) is 10.8. The highest BCUT2D eigenvalue weighted by molar-refractivity contribution is 5.78. The van der Waals surface area contributed by atoms with Gasteiger partial charge in [-0.1, -0.05) is 0 Å². The van der Waals surface area contributed by atoms with Crippen LogP contribution in [0.4, 0.5) is 4.39 Å². The molecule has 1 aliphatic carbocycles. The Morgan fingerprint density at radius 2 is 2.08 bits per heavy atom. The van der Waals surface area contributed by atoms with Crippen LogP contribution in [0.25, 0.3) is 0 Å². The molecule has 1 saturated carbocycles. The smallest absolute Gasteiger partial charge is 0.132 e. The fourth-order valence-corrected chi connectivity index (χ4v) is 1.47. The molecule has 3 heteroatoms. The number of ether oxygens (including phenoxy) is 1. The van der Waals surface area contributed by atoms with Gasteiger partial charge in [-0.25, -0.2) is 4.39 Å². The van der Waals surface area contributed by atoms with Crippen LogP contribution < -0.4 is 0 Å². The highest BCUT2D eigenvalue weighted by Crippen LogP contribution is 2.21. The molecule has 0 aliphatic heterocycles. The van der Waals surface area contributed by atoms with Crippen LogP contribution in [-0.4, -0.2) is 25.7 Å². The number of carbonyl (C=O) groups is 1. The molecule has 0 saturated heterocycles. The van der Waals surface area contributed by atoms with Gasteiger partial charge >= 0.3 is 0 Å². The van der Waals surface area contributed by atoms with Gasteiger partial charge in [0.15, 0.2) is 0 Å². The van der Waals surface area contributed by atoms with Gasteiger partial charge in [-0.15, -0.1) is 0 Å². The first-order valence-electron chi connectivity index (χ1n) is 4.48. The number of hydrogen-bond acceptors (Lipinski definition) is 2. The standard InChI is InChI=1S/C9H15FO2/c10-5-6-12-7-8-1-3-9(11)4-2-8/h8H,1-7H2. The molecule has 1 aliphatic rings. The maximum Gasteiger partial charge on any atom is 0.132 e. The Morgan fingerprint density at radius 1 is 1.42 bits per heavy atom. The summed E-state index contributed by atoms with van der Waals surface area (Å²) in [6, 6.07) is 0. The van der Waals surface area contributed by atoms with Gasteiger partial charge in [-0.05, 0) is 18.8 Å². The molecule has 12 heavy (non-hydrogen) atoms. The van der Waals surface area contributed by atoms with Crippen LogP contribution in [0, 0.1) is 5.92 Å². The second-order valence-electron chi connectivity index (χ2n) is 3.25. The summed E-state index contributed by atoms with van der Waals surface area (Å²) in [6.07, 6.45) is 3.21. The average Bonchev–Trinajstić information content (AvgIpc) is 2.09. The number of rotatable bonds is 4. The average molecular weight is 174 g/mol. The number of Topliss-reactive ketones (excluding diaryl/α,β-unsaturated/α-hetero) is 1. The second-order valence-corrected chi connectivity index (χ2v) is 3.25. The molecule has 0 heterocycles. The monoisotopic (exact) mass is 174 g/mol. The fraction of sp³-hybridized carbons (Fsp3) is 0.889. The van der Waals surface area contributed by atoms with Crippen molar-refractivity contribution < 1.29 is 13.9 Å². The third kappa shape index (κ3) is 3.30. The molecule has 0 N–H and O–H groups in total. The maximum absolute atomic E-state index is 11.6. The Balaban J connectivity index is 2.05. The van der Waals surface area contributed by atoms with E-state index in [0.29, 0.717) is 31.1 Å². The molecular weight excluding hydrogens is 159 g/mol. The topological polar surface area (TPSA) is 26.3 Å². The number of halogens is 1. The summed E-state index contributed by atoms with van der Waals surface area (Å²) in [5.74, 6) is 0.839. The minimum atomic E-state index is -0.411. The van der Waals surface area contributed by atoms with Gasteiger partial charge in [0.25, 0.3) is 0 Å². The van der Waals surface area contributed by atoms with E-state index in [4.69, 9.17) is 4.74 Å². The van der Waals surface area contributed by atoms with Gasteiger partial charge < -0.3 is 4.74 Å². The molecule has 0 amide bonds. The van der Waals surface area contributed by atoms with E-state index < -0.39 is 6.67 Å². The van der Waals surface area contributed by atoms with E-state index in [9.17, 15) is 9.18 Å². The van der Waals surface area contributed by atoms with E-state index in [2.05, 4.69) is 0 Å². The van der Waals surface area contributed by atoms with Gasteiger partial charge in [0.2, 0.25) is 0 Å². The zero-order valence-electron chi connectivity index (χ0n) is 7.22. The molecule has 1 rings (SSSR count). The molecule has 0 aromatic rings. The van der Waals surface area contributed by atoms with Crippen LogP contribution >= 0.6 is 0 Å². The largest absolute Gasteiger partial charge is 0.378 e. The number of hydrogen-bond donors (Lipinski definition) is 0. The lowest BCUT2D eigenvalue weighted by Gasteiger charge is -2.20. The van der Waals surface area contributed by atoms with Crippen LogP contribution in [0.2, 0.25) is 0 Å². The first-order valence-corrected chi connectivity index (χ1v) is 4.48. The van der Waals surface area contributed by atoms with Crippen molar-refractivity contribution in [1.29, 1.82) is 0 Å². The van der Waals surface area contributed by atoms with Gasteiger partial charge in [0.1, 0.15) is 12.5 Å². The highest BCUT2D eigenvalue weighted by atomic mass is 19.1. The molecule has 70 valence electrons. The third-order valence-corrected chi connectivity index (χ3v) is 2.24. The van der Waals surface area contributed by atoms with Crippen molar-refractivity contribution in [2.45, 2.75) is 25.7 Å². The number of ketones is 1. The lowest BCUT2D eigenvalue weighted by Crippen LogP contribution is -2.18. The normalized spacial score (nSPS) is 19.9. The lowest BCUT2D eigenvalue weighted by atomic mass is 9.89. The van der Waals surface area contributed by atoms with Crippen molar-refractivity contribution in [2.75, 3.05) is 19.9 Å². The summed E-state index contributed by atoms with van der Waals surface area (Å²) < 4.78 is 16.7. The quantitative estimate of drug-likeness (QED) is 0.607. The molecule has 0 bridgehead atoms. The molecule has 0 aromatic heterocycles. The van der Waals surface area contributed by atoms with Crippen LogP contribution in [0.3, 0.4) is 0 Å². The van der Waals surface area contributed by atoms with Crippen LogP contribution in [0.1, 0.15) is 25.7 Å². The summed E-state index contributed by atoms with van der Waals surface area (Å²) >= 11 is 0. The van der Waals surface area contributed by atoms with Gasteiger partial charge in [0, 0.05) is 19.4 Å². The predicted molar refractivity (Wildman–Crippen MR) is 43.8 cm³/mol. The Bertz CT molecular complexity index is 137. The highest BCUT2D eigenvalue weighted by Gasteiger charge is 2.18. The van der Waals surface area contributed by atoms with E-state index in [1.54, 1.807) is 0 Å². The maximum atomic E-state index is 11.6. The third-order valence-electron chi connectivity index (χ3n) is 2.24. The minimum absolute atomic E-state index is 0.199. The summed E-state index contributed by atoms with van der Waals surface area (Å²) in [5, 5.41) is 0. The molecule has 1 fully saturated rings. The predicted octanol–water partition coefficient (Wildman–Crippen LogP) is 1.73. The second kappa shape index (κ2) is 5.25. The summed E-state index contributed by atoms with van der Waals surface area (Å²) in [7, 11) is 0. The zero-order valence-corrected chi connectivity index (χ0v) is 7.22. The van der Waals surface area contributed by atoms with E-state index in [-0.39, 0.29) is 6.61 Å². The van der Waals surface area contributed by atoms with Crippen molar-refractivity contribution in [3.8, 4) is 0 Å². The summed E-state index contributed by atoms with van der Waals surface area (Å²) in [6.45, 7) is 0.410. The molecule has 0 aromatic carbocycles. The molecular formula is C9H15FO2. The summed E-state index contributed by atoms with van der Waals surface area (Å²) in [5.41, 5.74) is 0. The minimum Gasteiger partial charge on any atom is -0.378 e. The van der Waals surface area contributed by atoms with E-state index >= 15 is 0 Å². The molecule has 0 atom stereocenters. The van der Waals surface area contributed by atoms with Gasteiger partial charge in [0.05, 0.1) is 6.61 Å². The van der Waals surface area contributed by atoms with Crippen molar-refractivity contribution in [3.63, 3.8) is 0 Å². The van der Waals surface area contributed by atoms with Crippen LogP contribution in [0.5, 0.6) is 0 Å². The lowest BCUT2D eigenvalue weighted by molar-refractivity contribution is -0.121. The van der Waals surface area contributed by atoms with Crippen molar-refractivity contribution in [2.24, 2.45) is 5.92 Å². The van der Waals surface area contributed by atoms with E-state index in [1.807, 2.05) is 0 Å². The molecule has 0 unspecified atom stereocenters. The Hall–Kier alpha value is -0.440. The Morgan fingerprint density at radius 3 is 2.67 bits per heavy atom. The number of carbonyl (C=O) groups excluding carboxylic acids is 1. The van der Waals surface area contributed by atoms with Gasteiger partial charge in [-0.3, -0.25) is 4.79 Å². The van der Waals surface area contributed by atoms with Crippen LogP contribution in [0.15, 0.2) is 0 Å². The van der Waals surface area contributed by atoms with E-state index in [1.165, 1.54) is 0 Å². The van der Waals surface area contributed by atoms with E-state index in [0.717, 1.165) is 12.8 Å². The van der Waals surface area contributed by atoms with Crippen molar-refractivity contribution in [1.82, 2.24) is 0 Å². The molecule has 2 nitrogen and oxygen atoms in total. The fourth-order valence-electron chi connectivity index (χ4n) is 1.47. The first-order chi connectivity index (χ1) is 5.83. The number of alkyl halides is 1. The Labute approximate surface area is 72.1 Å². The first kappa shape index (κ1) is 9.65. The van der Waals surface area contributed by atoms with Gasteiger partial charge in [-0.2, -0.15) is 0 Å². The Kier molecular flexibility index (Phi) is 4.22. The molecule has 0 radical (unpaired) electrons. The zero-order chi connectivity index (χ0) is 8.81. The van der Waals surface area contributed by atoms with Crippen LogP contribution in [-0.2, 0) is 9.53 Å². The molecule has 0 spiro atoms.